The molecule has 26 heavy (non-hydrogen) atoms. The van der Waals surface area contributed by atoms with Gasteiger partial charge in [0, 0.05) is 13.2 Å². The Bertz CT molecular complexity index is 413. The Morgan fingerprint density at radius 2 is 1.54 bits per heavy atom. The summed E-state index contributed by atoms with van der Waals surface area (Å²) in [6.45, 7) is 16.8. The normalized spacial score (nSPS) is 18.2. The van der Waals surface area contributed by atoms with Crippen molar-refractivity contribution in [3.05, 3.63) is 37.3 Å². The van der Waals surface area contributed by atoms with Gasteiger partial charge in [-0.05, 0) is 43.1 Å². The largest absolute Gasteiger partial charge is 1.00 e. The molecule has 1 saturated heterocycles. The van der Waals surface area contributed by atoms with E-state index in [-0.39, 0.29) is 26.3 Å². The standard InChI is InChI=1S/C13H20OSi.C4H8O.2C2H6.CH3.Li/c1-4-5-9-12-11-8-6-7-10-13(11)15(2,3)14-12;1-2-4-5-3-1;2*1-2;;/h6-8,10,12H,4-5,9H2,1-3H3;1-4H2;2*1-2H3;1H3;/q;;;;-1;+1. The molecule has 1 fully saturated rings. The van der Waals surface area contributed by atoms with E-state index in [1.165, 1.54) is 42.9 Å². The van der Waals surface area contributed by atoms with Gasteiger partial charge in [-0.3, -0.25) is 0 Å². The van der Waals surface area contributed by atoms with Gasteiger partial charge in [0.25, 0.3) is 0 Å². The van der Waals surface area contributed by atoms with Gasteiger partial charge >= 0.3 is 18.9 Å². The first-order chi connectivity index (χ1) is 11.6. The zero-order valence-corrected chi connectivity index (χ0v) is 20.2. The minimum atomic E-state index is -1.57. The zero-order chi connectivity index (χ0) is 18.4. The molecule has 3 rings (SSSR count). The molecule has 1 atom stereocenters. The van der Waals surface area contributed by atoms with E-state index in [9.17, 15) is 0 Å². The molecule has 2 heterocycles. The predicted octanol–water partition coefficient (Wildman–Crippen LogP) is 3.66. The molecule has 1 aromatic carbocycles. The second kappa shape index (κ2) is 18.3. The van der Waals surface area contributed by atoms with Gasteiger partial charge in [-0.1, -0.05) is 71.7 Å². The molecule has 2 aliphatic rings. The summed E-state index contributed by atoms with van der Waals surface area (Å²) in [5, 5.41) is 1.51. The van der Waals surface area contributed by atoms with Gasteiger partial charge in [0.15, 0.2) is 0 Å². The Balaban J connectivity index is -0.000000408. The van der Waals surface area contributed by atoms with Crippen molar-refractivity contribution >= 4 is 13.5 Å². The molecule has 1 unspecified atom stereocenters. The Kier molecular flexibility index (Phi) is 21.6. The molecule has 2 aliphatic heterocycles. The first kappa shape index (κ1) is 30.7. The van der Waals surface area contributed by atoms with Crippen LogP contribution in [0.5, 0.6) is 0 Å². The number of fused-ring (bicyclic) bond motifs is 1. The summed E-state index contributed by atoms with van der Waals surface area (Å²) in [6.07, 6.45) is 6.64. The van der Waals surface area contributed by atoms with Crippen LogP contribution < -0.4 is 24.0 Å². The molecular weight excluding hydrogens is 331 g/mol. The number of benzene rings is 1. The average molecular weight is 375 g/mol. The van der Waals surface area contributed by atoms with Crippen LogP contribution in [0.4, 0.5) is 0 Å². The summed E-state index contributed by atoms with van der Waals surface area (Å²) in [4.78, 5) is 0. The van der Waals surface area contributed by atoms with Crippen LogP contribution in [0.15, 0.2) is 24.3 Å². The van der Waals surface area contributed by atoms with E-state index >= 15 is 0 Å². The van der Waals surface area contributed by atoms with Gasteiger partial charge in [0.2, 0.25) is 8.32 Å². The molecule has 0 radical (unpaired) electrons. The van der Waals surface area contributed by atoms with Gasteiger partial charge in [0.1, 0.15) is 0 Å². The van der Waals surface area contributed by atoms with E-state index in [0.717, 1.165) is 13.2 Å². The third-order valence-corrected chi connectivity index (χ3v) is 6.67. The minimum Gasteiger partial charge on any atom is -0.406 e. The molecule has 148 valence electrons. The monoisotopic (exact) mass is 374 g/mol. The molecule has 0 N–H and O–H groups in total. The average Bonchev–Trinajstić information content (AvgIpc) is 3.28. The predicted molar refractivity (Wildman–Crippen MR) is 116 cm³/mol. The van der Waals surface area contributed by atoms with E-state index in [2.05, 4.69) is 44.3 Å². The van der Waals surface area contributed by atoms with Crippen molar-refractivity contribution in [3.8, 4) is 0 Å². The number of rotatable bonds is 3. The van der Waals surface area contributed by atoms with E-state index < -0.39 is 8.32 Å². The van der Waals surface area contributed by atoms with Crippen LogP contribution >= 0.6 is 0 Å². The van der Waals surface area contributed by atoms with E-state index in [1.54, 1.807) is 0 Å². The van der Waals surface area contributed by atoms with Crippen molar-refractivity contribution in [2.24, 2.45) is 0 Å². The van der Waals surface area contributed by atoms with Crippen LogP contribution in [0.25, 0.3) is 0 Å². The van der Waals surface area contributed by atoms with E-state index in [4.69, 9.17) is 9.16 Å². The van der Waals surface area contributed by atoms with Gasteiger partial charge in [-0.2, -0.15) is 0 Å². The minimum absolute atomic E-state index is 0. The van der Waals surface area contributed by atoms with Crippen molar-refractivity contribution < 1.29 is 28.0 Å². The second-order valence-corrected chi connectivity index (χ2v) is 9.96. The van der Waals surface area contributed by atoms with Gasteiger partial charge in [-0.15, -0.1) is 0 Å². The first-order valence-electron chi connectivity index (χ1n) is 10.00. The maximum Gasteiger partial charge on any atom is 1.00 e. The van der Waals surface area contributed by atoms with Crippen LogP contribution in [0.2, 0.25) is 13.1 Å². The summed E-state index contributed by atoms with van der Waals surface area (Å²) in [7, 11) is -1.57. The molecule has 0 aromatic heterocycles. The van der Waals surface area contributed by atoms with Crippen LogP contribution in [-0.4, -0.2) is 21.5 Å². The van der Waals surface area contributed by atoms with Crippen molar-refractivity contribution in [3.63, 3.8) is 0 Å². The van der Waals surface area contributed by atoms with Crippen LogP contribution in [-0.2, 0) is 9.16 Å². The van der Waals surface area contributed by atoms with Crippen LogP contribution in [0, 0.1) is 7.43 Å². The summed E-state index contributed by atoms with van der Waals surface area (Å²) in [5.74, 6) is 0. The van der Waals surface area contributed by atoms with Gasteiger partial charge < -0.3 is 16.6 Å². The summed E-state index contributed by atoms with van der Waals surface area (Å²) in [6, 6.07) is 8.78. The zero-order valence-electron chi connectivity index (χ0n) is 19.2. The fourth-order valence-electron chi connectivity index (χ4n) is 2.92. The molecule has 0 saturated carbocycles. The van der Waals surface area contributed by atoms with Crippen LogP contribution in [0.1, 0.15) is 78.4 Å². The fourth-order valence-corrected chi connectivity index (χ4v) is 5.44. The van der Waals surface area contributed by atoms with Gasteiger partial charge in [-0.25, -0.2) is 0 Å². The first-order valence-corrected chi connectivity index (χ1v) is 12.9. The van der Waals surface area contributed by atoms with Crippen molar-refractivity contribution in [2.75, 3.05) is 13.2 Å². The molecule has 4 heteroatoms. The molecular formula is C22H43LiO2Si. The quantitative estimate of drug-likeness (QED) is 0.594. The Morgan fingerprint density at radius 1 is 1.00 bits per heavy atom. The summed E-state index contributed by atoms with van der Waals surface area (Å²) < 4.78 is 11.2. The number of ether oxygens (including phenoxy) is 1. The topological polar surface area (TPSA) is 18.5 Å². The SMILES string of the molecule is C1CCOC1.CC.CC.CCCCC1O[Si](C)(C)c2ccccc21.[CH3-].[Li+]. The second-order valence-electron chi connectivity index (χ2n) is 6.17. The molecule has 0 amide bonds. The fraction of sp³-hybridized carbons (Fsp3) is 0.682. The molecule has 0 aliphatic carbocycles. The number of hydrogen-bond acceptors (Lipinski definition) is 2. The maximum atomic E-state index is 6.26. The van der Waals surface area contributed by atoms with Crippen molar-refractivity contribution in [2.45, 2.75) is 85.9 Å². The third kappa shape index (κ3) is 10.3. The maximum absolute atomic E-state index is 6.26. The van der Waals surface area contributed by atoms with E-state index in [0.29, 0.717) is 6.10 Å². The smallest absolute Gasteiger partial charge is 0.406 e. The molecule has 0 spiro atoms. The number of hydrogen-bond donors (Lipinski definition) is 0. The van der Waals surface area contributed by atoms with Gasteiger partial charge in [0.05, 0.1) is 6.10 Å². The Hall–Kier alpha value is -0.0457. The van der Waals surface area contributed by atoms with Crippen molar-refractivity contribution in [1.29, 1.82) is 0 Å². The third-order valence-electron chi connectivity index (χ3n) is 4.04. The molecule has 2 nitrogen and oxygen atoms in total. The molecule has 1 aromatic rings. The summed E-state index contributed by atoms with van der Waals surface area (Å²) >= 11 is 0. The Morgan fingerprint density at radius 3 is 2.00 bits per heavy atom. The summed E-state index contributed by atoms with van der Waals surface area (Å²) in [5.41, 5.74) is 1.46. The molecule has 0 bridgehead atoms. The van der Waals surface area contributed by atoms with E-state index in [1.807, 2.05) is 27.7 Å². The Labute approximate surface area is 177 Å². The number of unbranched alkanes of at least 4 members (excludes halogenated alkanes) is 1. The van der Waals surface area contributed by atoms with Crippen LogP contribution in [0.3, 0.4) is 0 Å². The van der Waals surface area contributed by atoms with Crippen molar-refractivity contribution in [1.82, 2.24) is 0 Å².